The molecule has 1 nitrogen and oxygen atoms in total. The van der Waals surface area contributed by atoms with Gasteiger partial charge in [-0.05, 0) is 24.7 Å². The molecule has 21 heavy (non-hydrogen) atoms. The molecule has 0 amide bonds. The fourth-order valence-corrected chi connectivity index (χ4v) is 2.42. The third-order valence-corrected chi connectivity index (χ3v) is 3.49. The van der Waals surface area contributed by atoms with Crippen LogP contribution < -0.4 is 5.32 Å². The van der Waals surface area contributed by atoms with Crippen LogP contribution in [0.25, 0.3) is 0 Å². The molecule has 0 spiro atoms. The van der Waals surface area contributed by atoms with Crippen molar-refractivity contribution in [2.75, 3.05) is 7.05 Å². The van der Waals surface area contributed by atoms with Crippen molar-refractivity contribution in [2.45, 2.75) is 12.2 Å². The molecular weight excluding hydrogens is 306 g/mol. The van der Waals surface area contributed by atoms with E-state index in [-0.39, 0.29) is 5.56 Å². The van der Waals surface area contributed by atoms with Crippen LogP contribution in [0.1, 0.15) is 22.7 Å². The zero-order valence-electron chi connectivity index (χ0n) is 11.0. The van der Waals surface area contributed by atoms with Crippen LogP contribution in [-0.2, 0) is 6.18 Å². The number of nitrogens with one attached hydrogen (secondary N) is 1. The van der Waals surface area contributed by atoms with Gasteiger partial charge in [-0.3, -0.25) is 0 Å². The van der Waals surface area contributed by atoms with Crippen molar-refractivity contribution in [2.24, 2.45) is 0 Å². The Bertz CT molecular complexity index is 640. The highest BCUT2D eigenvalue weighted by Gasteiger charge is 2.35. The Morgan fingerprint density at radius 3 is 2.19 bits per heavy atom. The highest BCUT2D eigenvalue weighted by Crippen LogP contribution is 2.36. The maximum Gasteiger partial charge on any atom is 0.419 e. The number of alkyl halides is 3. The first kappa shape index (κ1) is 15.8. The summed E-state index contributed by atoms with van der Waals surface area (Å²) in [6.45, 7) is 0. The molecule has 0 bridgehead atoms. The molecule has 1 N–H and O–H groups in total. The lowest BCUT2D eigenvalue weighted by Crippen LogP contribution is -2.21. The maximum absolute atomic E-state index is 14.2. The number of halogens is 5. The molecule has 0 aromatic heterocycles. The van der Waals surface area contributed by atoms with Crippen LogP contribution in [0.3, 0.4) is 0 Å². The van der Waals surface area contributed by atoms with Crippen molar-refractivity contribution in [1.82, 2.24) is 5.32 Å². The Morgan fingerprint density at radius 2 is 1.62 bits per heavy atom. The summed E-state index contributed by atoms with van der Waals surface area (Å²) < 4.78 is 52.6. The third kappa shape index (κ3) is 3.19. The molecule has 2 rings (SSSR count). The second-order valence-electron chi connectivity index (χ2n) is 4.45. The van der Waals surface area contributed by atoms with Gasteiger partial charge in [0.15, 0.2) is 0 Å². The van der Waals surface area contributed by atoms with Crippen LogP contribution >= 0.6 is 11.6 Å². The normalized spacial score (nSPS) is 13.2. The van der Waals surface area contributed by atoms with Crippen molar-refractivity contribution >= 4 is 11.6 Å². The zero-order chi connectivity index (χ0) is 15.6. The van der Waals surface area contributed by atoms with Gasteiger partial charge in [0.25, 0.3) is 0 Å². The first-order valence-corrected chi connectivity index (χ1v) is 6.51. The predicted molar refractivity (Wildman–Crippen MR) is 73.8 cm³/mol. The molecular formula is C15H12ClF4N. The minimum Gasteiger partial charge on any atom is -0.309 e. The first-order valence-electron chi connectivity index (χ1n) is 6.13. The zero-order valence-corrected chi connectivity index (χ0v) is 11.8. The summed E-state index contributed by atoms with van der Waals surface area (Å²) in [5, 5.41) is 3.16. The lowest BCUT2D eigenvalue weighted by Gasteiger charge is -2.21. The van der Waals surface area contributed by atoms with Crippen LogP contribution in [0, 0.1) is 5.82 Å². The standard InChI is InChI=1S/C15H12ClF4N/c1-21-14(9-5-2-3-8-12(9)16)10-6-4-7-11(13(10)17)15(18,19)20/h2-8,14,21H,1H3. The van der Waals surface area contributed by atoms with E-state index in [4.69, 9.17) is 11.6 Å². The Balaban J connectivity index is 2.57. The second kappa shape index (κ2) is 6.03. The van der Waals surface area contributed by atoms with Crippen molar-refractivity contribution in [3.05, 3.63) is 70.0 Å². The summed E-state index contributed by atoms with van der Waals surface area (Å²) in [6, 6.07) is 9.09. The number of benzene rings is 2. The minimum absolute atomic E-state index is 0.0968. The van der Waals surface area contributed by atoms with Gasteiger partial charge in [0.2, 0.25) is 0 Å². The van der Waals surface area contributed by atoms with E-state index in [0.29, 0.717) is 10.6 Å². The fourth-order valence-electron chi connectivity index (χ4n) is 2.18. The summed E-state index contributed by atoms with van der Waals surface area (Å²) in [4.78, 5) is 0. The van der Waals surface area contributed by atoms with E-state index in [1.807, 2.05) is 0 Å². The van der Waals surface area contributed by atoms with Gasteiger partial charge in [0.1, 0.15) is 5.82 Å². The average molecular weight is 318 g/mol. The van der Waals surface area contributed by atoms with Crippen molar-refractivity contribution in [3.63, 3.8) is 0 Å². The first-order chi connectivity index (χ1) is 9.86. The van der Waals surface area contributed by atoms with Gasteiger partial charge >= 0.3 is 6.18 Å². The highest BCUT2D eigenvalue weighted by atomic mass is 35.5. The molecule has 0 aliphatic rings. The van der Waals surface area contributed by atoms with E-state index in [9.17, 15) is 17.6 Å². The van der Waals surface area contributed by atoms with Gasteiger partial charge in [0.05, 0.1) is 11.6 Å². The van der Waals surface area contributed by atoms with Gasteiger partial charge in [-0.1, -0.05) is 41.9 Å². The van der Waals surface area contributed by atoms with Crippen molar-refractivity contribution in [3.8, 4) is 0 Å². The van der Waals surface area contributed by atoms with Gasteiger partial charge in [-0.15, -0.1) is 0 Å². The van der Waals surface area contributed by atoms with E-state index in [2.05, 4.69) is 5.32 Å². The Kier molecular flexibility index (Phi) is 4.54. The minimum atomic E-state index is -4.74. The van der Waals surface area contributed by atoms with Gasteiger partial charge in [0, 0.05) is 10.6 Å². The molecule has 1 unspecified atom stereocenters. The molecule has 112 valence electrons. The Morgan fingerprint density at radius 1 is 1.00 bits per heavy atom. The smallest absolute Gasteiger partial charge is 0.309 e. The summed E-state index contributed by atoms with van der Waals surface area (Å²) in [5.74, 6) is -1.29. The molecule has 2 aromatic carbocycles. The van der Waals surface area contributed by atoms with E-state index < -0.39 is 23.6 Å². The SMILES string of the molecule is CNC(c1ccccc1Cl)c1cccc(C(F)(F)F)c1F. The van der Waals surface area contributed by atoms with Crippen LogP contribution in [0.4, 0.5) is 17.6 Å². The average Bonchev–Trinajstić information content (AvgIpc) is 2.42. The molecule has 1 atom stereocenters. The van der Waals surface area contributed by atoms with Crippen LogP contribution in [0.15, 0.2) is 42.5 Å². The maximum atomic E-state index is 14.2. The quantitative estimate of drug-likeness (QED) is 0.801. The van der Waals surface area contributed by atoms with Gasteiger partial charge < -0.3 is 5.32 Å². The molecule has 0 saturated heterocycles. The second-order valence-corrected chi connectivity index (χ2v) is 4.86. The van der Waals surface area contributed by atoms with Crippen LogP contribution in [0.2, 0.25) is 5.02 Å². The molecule has 2 aromatic rings. The van der Waals surface area contributed by atoms with Crippen molar-refractivity contribution in [1.29, 1.82) is 0 Å². The van der Waals surface area contributed by atoms with E-state index in [1.165, 1.54) is 19.2 Å². The monoisotopic (exact) mass is 317 g/mol. The fraction of sp³-hybridized carbons (Fsp3) is 0.200. The molecule has 0 radical (unpaired) electrons. The largest absolute Gasteiger partial charge is 0.419 e. The summed E-state index contributed by atoms with van der Waals surface area (Å²) in [7, 11) is 1.54. The van der Waals surface area contributed by atoms with E-state index in [0.717, 1.165) is 6.07 Å². The summed E-state index contributed by atoms with van der Waals surface area (Å²) in [5.41, 5.74) is -0.868. The van der Waals surface area contributed by atoms with E-state index in [1.54, 1.807) is 24.3 Å². The molecule has 0 heterocycles. The lowest BCUT2D eigenvalue weighted by molar-refractivity contribution is -0.140. The number of rotatable bonds is 3. The topological polar surface area (TPSA) is 12.0 Å². The Labute approximate surface area is 124 Å². The molecule has 0 aliphatic carbocycles. The summed E-state index contributed by atoms with van der Waals surface area (Å²) in [6.07, 6.45) is -4.74. The summed E-state index contributed by atoms with van der Waals surface area (Å²) >= 11 is 6.05. The third-order valence-electron chi connectivity index (χ3n) is 3.15. The van der Waals surface area contributed by atoms with Gasteiger partial charge in [-0.2, -0.15) is 13.2 Å². The number of hydrogen-bond donors (Lipinski definition) is 1. The molecule has 0 saturated carbocycles. The molecule has 0 aliphatic heterocycles. The molecule has 0 fully saturated rings. The predicted octanol–water partition coefficient (Wildman–Crippen LogP) is 4.81. The Hall–Kier alpha value is -1.59. The highest BCUT2D eigenvalue weighted by molar-refractivity contribution is 6.31. The lowest BCUT2D eigenvalue weighted by atomic mass is 9.96. The van der Waals surface area contributed by atoms with Crippen LogP contribution in [0.5, 0.6) is 0 Å². The van der Waals surface area contributed by atoms with Crippen LogP contribution in [-0.4, -0.2) is 7.05 Å². The van der Waals surface area contributed by atoms with E-state index >= 15 is 0 Å². The van der Waals surface area contributed by atoms with Gasteiger partial charge in [-0.25, -0.2) is 4.39 Å². The number of hydrogen-bond acceptors (Lipinski definition) is 1. The van der Waals surface area contributed by atoms with Crippen molar-refractivity contribution < 1.29 is 17.6 Å². The molecule has 6 heteroatoms.